The number of nitrogens with zero attached hydrogens (tertiary/aromatic N) is 2. The van der Waals surface area contributed by atoms with Crippen LogP contribution in [0.15, 0.2) is 24.3 Å². The SMILES string of the molecule is CCOC(=O)c1ccc(NC(=O)N2CCCN(C(=O)C3CCC3)CC2)cc1. The Labute approximate surface area is 159 Å². The lowest BCUT2D eigenvalue weighted by molar-refractivity contribution is -0.138. The first-order valence-electron chi connectivity index (χ1n) is 9.70. The Morgan fingerprint density at radius 1 is 1.00 bits per heavy atom. The van der Waals surface area contributed by atoms with Gasteiger partial charge >= 0.3 is 12.0 Å². The van der Waals surface area contributed by atoms with Gasteiger partial charge in [-0.15, -0.1) is 0 Å². The highest BCUT2D eigenvalue weighted by Crippen LogP contribution is 2.28. The smallest absolute Gasteiger partial charge is 0.338 e. The molecule has 1 aromatic rings. The molecule has 3 rings (SSSR count). The van der Waals surface area contributed by atoms with Crippen LogP contribution in [-0.2, 0) is 9.53 Å². The Kier molecular flexibility index (Phi) is 6.32. The maximum atomic E-state index is 12.5. The molecule has 1 N–H and O–H groups in total. The minimum atomic E-state index is -0.376. The molecule has 1 aliphatic carbocycles. The first-order chi connectivity index (χ1) is 13.1. The predicted molar refractivity (Wildman–Crippen MR) is 102 cm³/mol. The lowest BCUT2D eigenvalue weighted by atomic mass is 9.84. The van der Waals surface area contributed by atoms with Gasteiger partial charge in [0, 0.05) is 37.8 Å². The van der Waals surface area contributed by atoms with E-state index in [0.29, 0.717) is 44.0 Å². The van der Waals surface area contributed by atoms with Gasteiger partial charge in [-0.2, -0.15) is 0 Å². The molecule has 27 heavy (non-hydrogen) atoms. The van der Waals surface area contributed by atoms with Crippen molar-refractivity contribution < 1.29 is 19.1 Å². The molecule has 0 atom stereocenters. The van der Waals surface area contributed by atoms with E-state index in [-0.39, 0.29) is 23.8 Å². The van der Waals surface area contributed by atoms with Gasteiger partial charge in [0.05, 0.1) is 12.2 Å². The summed E-state index contributed by atoms with van der Waals surface area (Å²) in [5.41, 5.74) is 1.08. The second-order valence-electron chi connectivity index (χ2n) is 7.02. The van der Waals surface area contributed by atoms with Crippen LogP contribution < -0.4 is 5.32 Å². The van der Waals surface area contributed by atoms with Crippen molar-refractivity contribution in [3.05, 3.63) is 29.8 Å². The summed E-state index contributed by atoms with van der Waals surface area (Å²) >= 11 is 0. The van der Waals surface area contributed by atoms with E-state index < -0.39 is 0 Å². The van der Waals surface area contributed by atoms with Crippen molar-refractivity contribution in [2.24, 2.45) is 5.92 Å². The van der Waals surface area contributed by atoms with Gasteiger partial charge in [0.15, 0.2) is 0 Å². The van der Waals surface area contributed by atoms with Crippen molar-refractivity contribution in [1.29, 1.82) is 0 Å². The van der Waals surface area contributed by atoms with E-state index >= 15 is 0 Å². The van der Waals surface area contributed by atoms with E-state index in [1.54, 1.807) is 36.1 Å². The lowest BCUT2D eigenvalue weighted by Gasteiger charge is -2.31. The number of benzene rings is 1. The molecule has 0 radical (unpaired) electrons. The zero-order valence-electron chi connectivity index (χ0n) is 15.8. The highest BCUT2D eigenvalue weighted by atomic mass is 16.5. The van der Waals surface area contributed by atoms with Gasteiger partial charge in [-0.25, -0.2) is 9.59 Å². The van der Waals surface area contributed by atoms with Gasteiger partial charge in [-0.05, 0) is 50.5 Å². The van der Waals surface area contributed by atoms with Crippen molar-refractivity contribution >= 4 is 23.6 Å². The average Bonchev–Trinajstić information content (AvgIpc) is 2.87. The Morgan fingerprint density at radius 3 is 2.30 bits per heavy atom. The molecule has 146 valence electrons. The van der Waals surface area contributed by atoms with E-state index in [9.17, 15) is 14.4 Å². The molecule has 0 bridgehead atoms. The van der Waals surface area contributed by atoms with E-state index in [1.807, 2.05) is 4.90 Å². The number of hydrogen-bond donors (Lipinski definition) is 1. The maximum Gasteiger partial charge on any atom is 0.338 e. The van der Waals surface area contributed by atoms with Crippen LogP contribution in [0.5, 0.6) is 0 Å². The number of carbonyl (C=O) groups is 3. The van der Waals surface area contributed by atoms with Gasteiger partial charge in [-0.1, -0.05) is 6.42 Å². The van der Waals surface area contributed by atoms with Crippen LogP contribution in [0.2, 0.25) is 0 Å². The number of nitrogens with one attached hydrogen (secondary N) is 1. The Hall–Kier alpha value is -2.57. The Morgan fingerprint density at radius 2 is 1.67 bits per heavy atom. The number of amides is 3. The number of rotatable bonds is 4. The van der Waals surface area contributed by atoms with Gasteiger partial charge < -0.3 is 19.9 Å². The van der Waals surface area contributed by atoms with Crippen molar-refractivity contribution in [1.82, 2.24) is 9.80 Å². The fourth-order valence-electron chi connectivity index (χ4n) is 3.36. The van der Waals surface area contributed by atoms with E-state index in [4.69, 9.17) is 4.74 Å². The van der Waals surface area contributed by atoms with Gasteiger partial charge in [0.25, 0.3) is 0 Å². The van der Waals surface area contributed by atoms with Crippen LogP contribution in [0.3, 0.4) is 0 Å². The Bertz CT molecular complexity index is 685. The number of carbonyl (C=O) groups excluding carboxylic acids is 3. The number of anilines is 1. The van der Waals surface area contributed by atoms with Crippen LogP contribution in [-0.4, -0.2) is 60.5 Å². The molecule has 1 aromatic carbocycles. The monoisotopic (exact) mass is 373 g/mol. The van der Waals surface area contributed by atoms with Crippen LogP contribution in [0.1, 0.15) is 43.0 Å². The summed E-state index contributed by atoms with van der Waals surface area (Å²) in [6, 6.07) is 6.46. The molecule has 1 aliphatic heterocycles. The third-order valence-electron chi connectivity index (χ3n) is 5.20. The molecule has 7 nitrogen and oxygen atoms in total. The minimum Gasteiger partial charge on any atom is -0.462 e. The van der Waals surface area contributed by atoms with E-state index in [0.717, 1.165) is 25.7 Å². The molecule has 7 heteroatoms. The standard InChI is InChI=1S/C20H27N3O4/c1-2-27-19(25)16-7-9-17(10-8-16)21-20(26)23-12-4-11-22(13-14-23)18(24)15-5-3-6-15/h7-10,15H,2-6,11-14H2,1H3,(H,21,26). The van der Waals surface area contributed by atoms with Crippen LogP contribution in [0.4, 0.5) is 10.5 Å². The summed E-state index contributed by atoms with van der Waals surface area (Å²) in [7, 11) is 0. The van der Waals surface area contributed by atoms with Crippen molar-refractivity contribution in [2.45, 2.75) is 32.6 Å². The van der Waals surface area contributed by atoms with Crippen LogP contribution in [0.25, 0.3) is 0 Å². The fraction of sp³-hybridized carbons (Fsp3) is 0.550. The van der Waals surface area contributed by atoms with E-state index in [1.165, 1.54) is 0 Å². The second-order valence-corrected chi connectivity index (χ2v) is 7.02. The molecule has 0 unspecified atom stereocenters. The number of hydrogen-bond acceptors (Lipinski definition) is 4. The quantitative estimate of drug-likeness (QED) is 0.823. The molecule has 1 saturated carbocycles. The number of urea groups is 1. The summed E-state index contributed by atoms with van der Waals surface area (Å²) in [5, 5.41) is 2.86. The molecule has 3 amide bonds. The molecular formula is C20H27N3O4. The van der Waals surface area contributed by atoms with Gasteiger partial charge in [-0.3, -0.25) is 4.79 Å². The largest absolute Gasteiger partial charge is 0.462 e. The maximum absolute atomic E-state index is 12.5. The molecular weight excluding hydrogens is 346 g/mol. The average molecular weight is 373 g/mol. The molecule has 0 spiro atoms. The summed E-state index contributed by atoms with van der Waals surface area (Å²) in [6.07, 6.45) is 3.93. The zero-order chi connectivity index (χ0) is 19.2. The summed E-state index contributed by atoms with van der Waals surface area (Å²) in [5.74, 6) is 0.0699. The second kappa shape index (κ2) is 8.88. The fourth-order valence-corrected chi connectivity index (χ4v) is 3.36. The van der Waals surface area contributed by atoms with Crippen molar-refractivity contribution in [3.8, 4) is 0 Å². The molecule has 1 heterocycles. The predicted octanol–water partition coefficient (Wildman–Crippen LogP) is 2.73. The van der Waals surface area contributed by atoms with Gasteiger partial charge in [0.1, 0.15) is 0 Å². The van der Waals surface area contributed by atoms with Gasteiger partial charge in [0.2, 0.25) is 5.91 Å². The summed E-state index contributed by atoms with van der Waals surface area (Å²) < 4.78 is 4.95. The summed E-state index contributed by atoms with van der Waals surface area (Å²) in [4.78, 5) is 40.3. The molecule has 1 saturated heterocycles. The Balaban J connectivity index is 1.52. The highest BCUT2D eigenvalue weighted by molar-refractivity contribution is 5.92. The molecule has 2 aliphatic rings. The summed E-state index contributed by atoms with van der Waals surface area (Å²) in [6.45, 7) is 4.55. The third kappa shape index (κ3) is 4.78. The topological polar surface area (TPSA) is 79.0 Å². The van der Waals surface area contributed by atoms with Crippen molar-refractivity contribution in [2.75, 3.05) is 38.1 Å². The normalized spacial score (nSPS) is 17.7. The first kappa shape index (κ1) is 19.2. The molecule has 2 fully saturated rings. The van der Waals surface area contributed by atoms with Crippen LogP contribution in [0, 0.1) is 5.92 Å². The zero-order valence-corrected chi connectivity index (χ0v) is 15.8. The van der Waals surface area contributed by atoms with Crippen molar-refractivity contribution in [3.63, 3.8) is 0 Å². The van der Waals surface area contributed by atoms with E-state index in [2.05, 4.69) is 5.32 Å². The highest BCUT2D eigenvalue weighted by Gasteiger charge is 2.30. The minimum absolute atomic E-state index is 0.183. The number of ether oxygens (including phenoxy) is 1. The number of esters is 1. The third-order valence-corrected chi connectivity index (χ3v) is 5.20. The lowest BCUT2D eigenvalue weighted by Crippen LogP contribution is -2.42. The first-order valence-corrected chi connectivity index (χ1v) is 9.70. The molecule has 0 aromatic heterocycles. The van der Waals surface area contributed by atoms with Crippen LogP contribution >= 0.6 is 0 Å².